The Kier molecular flexibility index (Phi) is 3.87. The van der Waals surface area contributed by atoms with Gasteiger partial charge in [0, 0.05) is 12.1 Å². The predicted octanol–water partition coefficient (Wildman–Crippen LogP) is 4.09. The van der Waals surface area contributed by atoms with Gasteiger partial charge in [-0.1, -0.05) is 48.5 Å². The van der Waals surface area contributed by atoms with Gasteiger partial charge in [-0.3, -0.25) is 0 Å². The summed E-state index contributed by atoms with van der Waals surface area (Å²) in [6, 6.07) is 19.4. The van der Waals surface area contributed by atoms with Gasteiger partial charge in [-0.2, -0.15) is 0 Å². The minimum Gasteiger partial charge on any atom is -0.493 e. The first kappa shape index (κ1) is 15.0. The van der Waals surface area contributed by atoms with Gasteiger partial charge in [-0.15, -0.1) is 0 Å². The summed E-state index contributed by atoms with van der Waals surface area (Å²) in [5.41, 5.74) is 3.82. The second-order valence-corrected chi connectivity index (χ2v) is 6.07. The van der Waals surface area contributed by atoms with Gasteiger partial charge in [0.2, 0.25) is 0 Å². The largest absolute Gasteiger partial charge is 0.493 e. The van der Waals surface area contributed by atoms with Gasteiger partial charge < -0.3 is 14.8 Å². The molecular weight excluding hydrogens is 298 g/mol. The lowest BCUT2D eigenvalue weighted by Gasteiger charge is -2.30. The molecule has 122 valence electrons. The lowest BCUT2D eigenvalue weighted by atomic mass is 9.87. The molecule has 0 aromatic heterocycles. The zero-order chi connectivity index (χ0) is 16.5. The molecule has 1 aliphatic heterocycles. The van der Waals surface area contributed by atoms with Crippen LogP contribution in [0.1, 0.15) is 22.7 Å². The molecule has 24 heavy (non-hydrogen) atoms. The molecule has 0 fully saturated rings. The number of ether oxygens (including phenoxy) is 2. The van der Waals surface area contributed by atoms with Crippen LogP contribution in [0.2, 0.25) is 0 Å². The smallest absolute Gasteiger partial charge is 0.164 e. The molecule has 1 unspecified atom stereocenters. The maximum atomic E-state index is 5.65. The Morgan fingerprint density at radius 2 is 1.71 bits per heavy atom. The van der Waals surface area contributed by atoms with E-state index < -0.39 is 0 Å². The fourth-order valence-corrected chi connectivity index (χ4v) is 3.77. The van der Waals surface area contributed by atoms with Crippen LogP contribution in [0.25, 0.3) is 10.8 Å². The van der Waals surface area contributed by atoms with E-state index in [1.54, 1.807) is 14.2 Å². The Morgan fingerprint density at radius 1 is 0.875 bits per heavy atom. The molecule has 3 nitrogen and oxygen atoms in total. The lowest BCUT2D eigenvalue weighted by Crippen LogP contribution is -2.31. The Morgan fingerprint density at radius 3 is 2.54 bits per heavy atom. The van der Waals surface area contributed by atoms with Crippen LogP contribution in [-0.4, -0.2) is 20.8 Å². The molecular formula is C21H21NO2. The third-order valence-electron chi connectivity index (χ3n) is 4.85. The van der Waals surface area contributed by atoms with Gasteiger partial charge in [0.05, 0.1) is 20.3 Å². The molecule has 0 spiro atoms. The quantitative estimate of drug-likeness (QED) is 0.788. The number of benzene rings is 3. The standard InChI is InChI=1S/C21H21NO2/c1-23-19-11-10-17-18(21(19)24-2)12-13-22-20(17)16-9-5-7-14-6-3-4-8-15(14)16/h3-11,20,22H,12-13H2,1-2H3. The average molecular weight is 319 g/mol. The molecule has 1 N–H and O–H groups in total. The topological polar surface area (TPSA) is 30.5 Å². The van der Waals surface area contributed by atoms with E-state index in [1.807, 2.05) is 6.07 Å². The van der Waals surface area contributed by atoms with Crippen molar-refractivity contribution in [1.82, 2.24) is 5.32 Å². The molecule has 3 heteroatoms. The van der Waals surface area contributed by atoms with E-state index in [1.165, 1.54) is 27.5 Å². The Balaban J connectivity index is 1.91. The number of hydrogen-bond acceptors (Lipinski definition) is 3. The summed E-state index contributed by atoms with van der Waals surface area (Å²) in [5.74, 6) is 1.66. The SMILES string of the molecule is COc1ccc2c(c1OC)CCNC2c1cccc2ccccc12. The number of nitrogens with one attached hydrogen (secondary N) is 1. The van der Waals surface area contributed by atoms with Crippen LogP contribution in [0.3, 0.4) is 0 Å². The summed E-state index contributed by atoms with van der Waals surface area (Å²) in [6.45, 7) is 0.921. The fourth-order valence-electron chi connectivity index (χ4n) is 3.77. The molecule has 1 atom stereocenters. The zero-order valence-corrected chi connectivity index (χ0v) is 14.0. The predicted molar refractivity (Wildman–Crippen MR) is 97.0 cm³/mol. The summed E-state index contributed by atoms with van der Waals surface area (Å²) in [5, 5.41) is 6.24. The van der Waals surface area contributed by atoms with Gasteiger partial charge in [0.1, 0.15) is 0 Å². The zero-order valence-electron chi connectivity index (χ0n) is 14.0. The highest BCUT2D eigenvalue weighted by Crippen LogP contribution is 2.40. The molecule has 1 heterocycles. The lowest BCUT2D eigenvalue weighted by molar-refractivity contribution is 0.348. The fraction of sp³-hybridized carbons (Fsp3) is 0.238. The van der Waals surface area contributed by atoms with Gasteiger partial charge >= 0.3 is 0 Å². The van der Waals surface area contributed by atoms with Crippen molar-refractivity contribution in [2.45, 2.75) is 12.5 Å². The number of rotatable bonds is 3. The summed E-state index contributed by atoms with van der Waals surface area (Å²) in [6.07, 6.45) is 0.941. The van der Waals surface area contributed by atoms with Gasteiger partial charge in [0.15, 0.2) is 11.5 Å². The maximum Gasteiger partial charge on any atom is 0.164 e. The normalized spacial score (nSPS) is 16.7. The highest BCUT2D eigenvalue weighted by molar-refractivity contribution is 5.86. The molecule has 0 bridgehead atoms. The Hall–Kier alpha value is -2.52. The van der Waals surface area contributed by atoms with Crippen molar-refractivity contribution in [2.24, 2.45) is 0 Å². The summed E-state index contributed by atoms with van der Waals surface area (Å²) < 4.78 is 11.1. The molecule has 0 radical (unpaired) electrons. The molecule has 3 aromatic carbocycles. The Bertz CT molecular complexity index is 883. The maximum absolute atomic E-state index is 5.65. The van der Waals surface area contributed by atoms with Crippen LogP contribution in [0.5, 0.6) is 11.5 Å². The number of fused-ring (bicyclic) bond motifs is 2. The van der Waals surface area contributed by atoms with Crippen molar-refractivity contribution in [1.29, 1.82) is 0 Å². The summed E-state index contributed by atoms with van der Waals surface area (Å²) in [7, 11) is 3.40. The molecule has 4 rings (SSSR count). The van der Waals surface area contributed by atoms with Crippen molar-refractivity contribution in [3.05, 3.63) is 71.3 Å². The van der Waals surface area contributed by atoms with Crippen molar-refractivity contribution in [2.75, 3.05) is 20.8 Å². The van der Waals surface area contributed by atoms with Crippen LogP contribution in [0.4, 0.5) is 0 Å². The average Bonchev–Trinajstić information content (AvgIpc) is 2.66. The first-order valence-corrected chi connectivity index (χ1v) is 8.28. The van der Waals surface area contributed by atoms with Crippen LogP contribution >= 0.6 is 0 Å². The third-order valence-corrected chi connectivity index (χ3v) is 4.85. The first-order chi connectivity index (χ1) is 11.8. The van der Waals surface area contributed by atoms with Gasteiger partial charge in [0.25, 0.3) is 0 Å². The number of methoxy groups -OCH3 is 2. The molecule has 0 aliphatic carbocycles. The van der Waals surface area contributed by atoms with E-state index in [0.29, 0.717) is 0 Å². The summed E-state index contributed by atoms with van der Waals surface area (Å²) >= 11 is 0. The first-order valence-electron chi connectivity index (χ1n) is 8.28. The third kappa shape index (κ3) is 2.33. The summed E-state index contributed by atoms with van der Waals surface area (Å²) in [4.78, 5) is 0. The minimum atomic E-state index is 0.166. The monoisotopic (exact) mass is 319 g/mol. The van der Waals surface area contributed by atoms with E-state index in [0.717, 1.165) is 24.5 Å². The molecule has 1 aliphatic rings. The van der Waals surface area contributed by atoms with Crippen molar-refractivity contribution in [3.8, 4) is 11.5 Å². The van der Waals surface area contributed by atoms with Crippen molar-refractivity contribution in [3.63, 3.8) is 0 Å². The molecule has 3 aromatic rings. The van der Waals surface area contributed by atoms with Gasteiger partial charge in [-0.05, 0) is 34.4 Å². The van der Waals surface area contributed by atoms with Crippen LogP contribution in [-0.2, 0) is 6.42 Å². The number of hydrogen-bond donors (Lipinski definition) is 1. The molecule has 0 saturated heterocycles. The minimum absolute atomic E-state index is 0.166. The van der Waals surface area contributed by atoms with E-state index >= 15 is 0 Å². The highest BCUT2D eigenvalue weighted by Gasteiger charge is 2.26. The Labute approximate surface area is 142 Å². The van der Waals surface area contributed by atoms with Crippen LogP contribution in [0, 0.1) is 0 Å². The van der Waals surface area contributed by atoms with E-state index in [-0.39, 0.29) is 6.04 Å². The van der Waals surface area contributed by atoms with Gasteiger partial charge in [-0.25, -0.2) is 0 Å². The second-order valence-electron chi connectivity index (χ2n) is 6.07. The van der Waals surface area contributed by atoms with Crippen LogP contribution < -0.4 is 14.8 Å². The molecule has 0 amide bonds. The molecule has 0 saturated carbocycles. The van der Waals surface area contributed by atoms with E-state index in [9.17, 15) is 0 Å². The highest BCUT2D eigenvalue weighted by atomic mass is 16.5. The van der Waals surface area contributed by atoms with E-state index in [4.69, 9.17) is 9.47 Å². The van der Waals surface area contributed by atoms with Crippen LogP contribution in [0.15, 0.2) is 54.6 Å². The van der Waals surface area contributed by atoms with Crippen molar-refractivity contribution < 1.29 is 9.47 Å². The second kappa shape index (κ2) is 6.17. The van der Waals surface area contributed by atoms with E-state index in [2.05, 4.69) is 53.8 Å². The van der Waals surface area contributed by atoms with Crippen molar-refractivity contribution >= 4 is 10.8 Å².